The fourth-order valence-electron chi connectivity index (χ4n) is 3.60. The van der Waals surface area contributed by atoms with Crippen LogP contribution in [0, 0.1) is 17.8 Å². The highest BCUT2D eigenvalue weighted by Gasteiger charge is 2.63. The quantitative estimate of drug-likeness (QED) is 0.336. The molecule has 3 atom stereocenters. The number of amides is 2. The summed E-state index contributed by atoms with van der Waals surface area (Å²) in [5, 5.41) is 6.24. The van der Waals surface area contributed by atoms with Gasteiger partial charge in [0.25, 0.3) is 0 Å². The molecular formula is C24H25F3N4O4. The molecule has 2 N–H and O–H groups in total. The molecule has 0 spiro atoms. The average Bonchev–Trinajstić information content (AvgIpc) is 3.55. The van der Waals surface area contributed by atoms with Crippen molar-refractivity contribution in [3.8, 4) is 0 Å². The number of hydrogen-bond acceptors (Lipinski definition) is 6. The van der Waals surface area contributed by atoms with Gasteiger partial charge in [-0.25, -0.2) is 5.43 Å². The monoisotopic (exact) mass is 490 g/mol. The summed E-state index contributed by atoms with van der Waals surface area (Å²) in [5.74, 6) is -5.39. The molecule has 2 amide bonds. The molecule has 8 nitrogen and oxygen atoms in total. The Balaban J connectivity index is 1.68. The Morgan fingerprint density at radius 3 is 2.29 bits per heavy atom. The Morgan fingerprint density at radius 1 is 1.03 bits per heavy atom. The van der Waals surface area contributed by atoms with E-state index in [1.165, 1.54) is 12.3 Å². The second-order valence-corrected chi connectivity index (χ2v) is 8.12. The van der Waals surface area contributed by atoms with E-state index in [0.717, 1.165) is 23.9 Å². The molecule has 1 aliphatic carbocycles. The van der Waals surface area contributed by atoms with Gasteiger partial charge in [-0.15, -0.1) is 0 Å². The Labute approximate surface area is 200 Å². The molecule has 11 heteroatoms. The van der Waals surface area contributed by atoms with Gasteiger partial charge in [-0.3, -0.25) is 14.4 Å². The summed E-state index contributed by atoms with van der Waals surface area (Å²) in [4.78, 5) is 39.6. The van der Waals surface area contributed by atoms with Crippen LogP contribution in [0.3, 0.4) is 0 Å². The van der Waals surface area contributed by atoms with Crippen LogP contribution in [0.5, 0.6) is 0 Å². The van der Waals surface area contributed by atoms with Gasteiger partial charge in [0.05, 0.1) is 36.1 Å². The number of anilines is 2. The van der Waals surface area contributed by atoms with Gasteiger partial charge in [0.2, 0.25) is 11.8 Å². The highest BCUT2D eigenvalue weighted by molar-refractivity contribution is 6.05. The zero-order valence-electron chi connectivity index (χ0n) is 19.3. The number of nitrogens with zero attached hydrogens (tertiary/aromatic N) is 2. The summed E-state index contributed by atoms with van der Waals surface area (Å²) in [5.41, 5.74) is 2.98. The van der Waals surface area contributed by atoms with Crippen molar-refractivity contribution in [2.75, 3.05) is 30.9 Å². The van der Waals surface area contributed by atoms with Crippen molar-refractivity contribution in [3.63, 3.8) is 0 Å². The van der Waals surface area contributed by atoms with Crippen LogP contribution in [-0.4, -0.2) is 44.7 Å². The van der Waals surface area contributed by atoms with Gasteiger partial charge in [-0.2, -0.15) is 18.3 Å². The molecule has 0 saturated heterocycles. The first-order valence-corrected chi connectivity index (χ1v) is 10.8. The molecule has 3 rings (SSSR count). The van der Waals surface area contributed by atoms with E-state index in [9.17, 15) is 27.6 Å². The molecule has 0 radical (unpaired) electrons. The predicted octanol–water partition coefficient (Wildman–Crippen LogP) is 3.29. The number of carbonyl (C=O) groups excluding carboxylic acids is 3. The van der Waals surface area contributed by atoms with Crippen molar-refractivity contribution in [1.29, 1.82) is 0 Å². The van der Waals surface area contributed by atoms with E-state index in [1.54, 1.807) is 19.1 Å². The van der Waals surface area contributed by atoms with Crippen molar-refractivity contribution in [2.24, 2.45) is 22.9 Å². The van der Waals surface area contributed by atoms with E-state index in [2.05, 4.69) is 15.8 Å². The van der Waals surface area contributed by atoms with Crippen molar-refractivity contribution in [1.82, 2.24) is 5.43 Å². The van der Waals surface area contributed by atoms with Gasteiger partial charge in [-0.05, 0) is 42.8 Å². The molecule has 1 fully saturated rings. The van der Waals surface area contributed by atoms with Gasteiger partial charge in [0, 0.05) is 25.5 Å². The molecule has 0 bridgehead atoms. The maximum atomic E-state index is 13.0. The first-order valence-electron chi connectivity index (χ1n) is 10.8. The number of alkyl halides is 3. The Kier molecular flexibility index (Phi) is 7.78. The summed E-state index contributed by atoms with van der Waals surface area (Å²) in [6, 6.07) is 11.4. The average molecular weight is 490 g/mol. The van der Waals surface area contributed by atoms with Gasteiger partial charge in [-0.1, -0.05) is 18.2 Å². The number of nitrogens with one attached hydrogen (secondary N) is 2. The Hall–Kier alpha value is -3.89. The third-order valence-corrected chi connectivity index (χ3v) is 5.44. The maximum Gasteiger partial charge on any atom is 0.416 e. The minimum atomic E-state index is -4.58. The molecule has 0 aromatic heterocycles. The number of benzene rings is 2. The highest BCUT2D eigenvalue weighted by Crippen LogP contribution is 2.48. The molecule has 186 valence electrons. The van der Waals surface area contributed by atoms with Gasteiger partial charge >= 0.3 is 12.1 Å². The molecule has 2 aromatic rings. The Morgan fingerprint density at radius 2 is 1.69 bits per heavy atom. The molecule has 1 aliphatic rings. The van der Waals surface area contributed by atoms with Crippen LogP contribution < -0.4 is 15.6 Å². The SMILES string of the molecule is CCOC(=O)C1C(C(=O)N/N=C/c2ccc(N(C)C)cc2)C1C(=O)Nc1cccc(C(F)(F)F)c1. The fourth-order valence-corrected chi connectivity index (χ4v) is 3.60. The van der Waals surface area contributed by atoms with Crippen molar-refractivity contribution >= 4 is 35.4 Å². The van der Waals surface area contributed by atoms with Crippen LogP contribution in [0.1, 0.15) is 18.1 Å². The molecule has 0 heterocycles. The topological polar surface area (TPSA) is 100 Å². The lowest BCUT2D eigenvalue weighted by atomic mass is 10.2. The van der Waals surface area contributed by atoms with E-state index in [4.69, 9.17) is 4.74 Å². The Bertz CT molecular complexity index is 1120. The van der Waals surface area contributed by atoms with Crippen molar-refractivity contribution in [2.45, 2.75) is 13.1 Å². The summed E-state index contributed by atoms with van der Waals surface area (Å²) in [6.45, 7) is 1.63. The molecule has 1 saturated carbocycles. The van der Waals surface area contributed by atoms with Crippen molar-refractivity contribution < 1.29 is 32.3 Å². The van der Waals surface area contributed by atoms with E-state index in [-0.39, 0.29) is 12.3 Å². The fraction of sp³-hybridized carbons (Fsp3) is 0.333. The third kappa shape index (κ3) is 6.37. The van der Waals surface area contributed by atoms with Crippen LogP contribution in [-0.2, 0) is 25.3 Å². The summed E-state index contributed by atoms with van der Waals surface area (Å²) in [7, 11) is 3.80. The van der Waals surface area contributed by atoms with E-state index >= 15 is 0 Å². The molecule has 2 aromatic carbocycles. The maximum absolute atomic E-state index is 13.0. The van der Waals surface area contributed by atoms with Crippen LogP contribution >= 0.6 is 0 Å². The first kappa shape index (κ1) is 25.7. The zero-order valence-corrected chi connectivity index (χ0v) is 19.3. The molecule has 3 unspecified atom stereocenters. The molecule has 35 heavy (non-hydrogen) atoms. The molecule has 0 aliphatic heterocycles. The second-order valence-electron chi connectivity index (χ2n) is 8.12. The minimum absolute atomic E-state index is 0.0483. The lowest BCUT2D eigenvalue weighted by molar-refractivity contribution is -0.146. The zero-order chi connectivity index (χ0) is 25.8. The van der Waals surface area contributed by atoms with Crippen LogP contribution in [0.25, 0.3) is 0 Å². The second kappa shape index (κ2) is 10.6. The van der Waals surface area contributed by atoms with Crippen LogP contribution in [0.4, 0.5) is 24.5 Å². The van der Waals surface area contributed by atoms with Crippen LogP contribution in [0.2, 0.25) is 0 Å². The largest absolute Gasteiger partial charge is 0.466 e. The predicted molar refractivity (Wildman–Crippen MR) is 124 cm³/mol. The van der Waals surface area contributed by atoms with E-state index in [0.29, 0.717) is 5.56 Å². The van der Waals surface area contributed by atoms with Gasteiger partial charge < -0.3 is 15.0 Å². The van der Waals surface area contributed by atoms with E-state index < -0.39 is 47.3 Å². The number of hydrogen-bond donors (Lipinski definition) is 2. The van der Waals surface area contributed by atoms with Crippen LogP contribution in [0.15, 0.2) is 53.6 Å². The van der Waals surface area contributed by atoms with Gasteiger partial charge in [0.15, 0.2) is 0 Å². The summed E-state index contributed by atoms with van der Waals surface area (Å²) >= 11 is 0. The minimum Gasteiger partial charge on any atom is -0.466 e. The number of rotatable bonds is 8. The lowest BCUT2D eigenvalue weighted by Gasteiger charge is -2.11. The normalized spacial score (nSPS) is 19.2. The number of halogens is 3. The standard InChI is InChI=1S/C24H25F3N4O4/c1-4-35-23(34)20-18(21(32)29-16-7-5-6-15(12-16)24(25,26)27)19(20)22(33)30-28-13-14-8-10-17(11-9-14)31(2)3/h5-13,18-20H,4H2,1-3H3,(H,29,32)(H,30,33)/b28-13+. The number of carbonyl (C=O) groups is 3. The number of hydrazone groups is 1. The number of ether oxygens (including phenoxy) is 1. The first-order chi connectivity index (χ1) is 16.5. The highest BCUT2D eigenvalue weighted by atomic mass is 19.4. The van der Waals surface area contributed by atoms with Crippen molar-refractivity contribution in [3.05, 3.63) is 59.7 Å². The molecular weight excluding hydrogens is 465 g/mol. The summed E-state index contributed by atoms with van der Waals surface area (Å²) < 4.78 is 43.8. The van der Waals surface area contributed by atoms with E-state index in [1.807, 2.05) is 31.1 Å². The number of esters is 1. The third-order valence-electron chi connectivity index (χ3n) is 5.44. The lowest BCUT2D eigenvalue weighted by Crippen LogP contribution is -2.24. The van der Waals surface area contributed by atoms with Gasteiger partial charge in [0.1, 0.15) is 0 Å². The summed E-state index contributed by atoms with van der Waals surface area (Å²) in [6.07, 6.45) is -3.17. The smallest absolute Gasteiger partial charge is 0.416 e.